The van der Waals surface area contributed by atoms with Gasteiger partial charge in [-0.2, -0.15) is 0 Å². The summed E-state index contributed by atoms with van der Waals surface area (Å²) in [6.07, 6.45) is 0. The second-order valence-corrected chi connectivity index (χ2v) is 3.69. The molecule has 82 valence electrons. The highest BCUT2D eigenvalue weighted by Crippen LogP contribution is 2.14. The fourth-order valence-electron chi connectivity index (χ4n) is 0.930. The Morgan fingerprint density at radius 2 is 2.07 bits per heavy atom. The number of nitrogens with one attached hydrogen (secondary N) is 2. The monoisotopic (exact) mass is 200 g/mol. The molecule has 0 aliphatic heterocycles. The van der Waals surface area contributed by atoms with E-state index in [-0.39, 0.29) is 5.91 Å². The first-order valence-corrected chi connectivity index (χ1v) is 4.70. The number of nitrogens with zero attached hydrogens (tertiary/aromatic N) is 1. The molecule has 5 heteroatoms. The quantitative estimate of drug-likeness (QED) is 0.430. The van der Waals surface area contributed by atoms with Gasteiger partial charge in [0.15, 0.2) is 5.96 Å². The van der Waals surface area contributed by atoms with Gasteiger partial charge in [-0.05, 0) is 20.8 Å². The smallest absolute Gasteiger partial charge is 0.227 e. The highest BCUT2D eigenvalue weighted by molar-refractivity contribution is 5.83. The summed E-state index contributed by atoms with van der Waals surface area (Å²) in [5, 5.41) is 5.46. The minimum atomic E-state index is -0.519. The van der Waals surface area contributed by atoms with Gasteiger partial charge < -0.3 is 16.4 Å². The van der Waals surface area contributed by atoms with Crippen LogP contribution >= 0.6 is 0 Å². The van der Waals surface area contributed by atoms with E-state index in [2.05, 4.69) is 15.6 Å². The van der Waals surface area contributed by atoms with Crippen molar-refractivity contribution in [1.82, 2.24) is 10.6 Å². The fourth-order valence-corrected chi connectivity index (χ4v) is 0.930. The largest absolute Gasteiger partial charge is 0.370 e. The lowest BCUT2D eigenvalue weighted by Gasteiger charge is -2.20. The van der Waals surface area contributed by atoms with E-state index in [1.807, 2.05) is 20.8 Å². The molecule has 0 rings (SSSR count). The number of carbonyl (C=O) groups excluding carboxylic acids is 1. The van der Waals surface area contributed by atoms with Gasteiger partial charge in [-0.25, -0.2) is 0 Å². The van der Waals surface area contributed by atoms with Gasteiger partial charge in [0, 0.05) is 13.6 Å². The van der Waals surface area contributed by atoms with Crippen molar-refractivity contribution in [2.45, 2.75) is 20.8 Å². The predicted molar refractivity (Wildman–Crippen MR) is 58.0 cm³/mol. The molecule has 14 heavy (non-hydrogen) atoms. The minimum Gasteiger partial charge on any atom is -0.370 e. The van der Waals surface area contributed by atoms with Crippen LogP contribution in [-0.4, -0.2) is 32.0 Å². The van der Waals surface area contributed by atoms with Crippen LogP contribution < -0.4 is 16.4 Å². The first kappa shape index (κ1) is 12.7. The first-order chi connectivity index (χ1) is 6.44. The Morgan fingerprint density at radius 3 is 2.50 bits per heavy atom. The molecule has 5 nitrogen and oxygen atoms in total. The Labute approximate surface area is 85.2 Å². The van der Waals surface area contributed by atoms with Gasteiger partial charge in [0.2, 0.25) is 5.91 Å². The van der Waals surface area contributed by atoms with Gasteiger partial charge in [0.05, 0.1) is 12.0 Å². The Hall–Kier alpha value is -1.26. The fraction of sp³-hybridized carbons (Fsp3) is 0.778. The van der Waals surface area contributed by atoms with Gasteiger partial charge in [-0.1, -0.05) is 0 Å². The SMILES string of the molecule is CCNC(N)=NCC(C)(C)C(=O)NC. The summed E-state index contributed by atoms with van der Waals surface area (Å²) < 4.78 is 0. The zero-order valence-electron chi connectivity index (χ0n) is 9.35. The van der Waals surface area contributed by atoms with E-state index >= 15 is 0 Å². The molecule has 4 N–H and O–H groups in total. The molecule has 0 atom stereocenters. The lowest BCUT2D eigenvalue weighted by atomic mass is 9.93. The van der Waals surface area contributed by atoms with Crippen LogP contribution in [0.2, 0.25) is 0 Å². The highest BCUT2D eigenvalue weighted by Gasteiger charge is 2.26. The third-order valence-electron chi connectivity index (χ3n) is 1.84. The summed E-state index contributed by atoms with van der Waals surface area (Å²) in [6.45, 7) is 6.70. The number of carbonyl (C=O) groups is 1. The van der Waals surface area contributed by atoms with Gasteiger partial charge in [-0.15, -0.1) is 0 Å². The number of amides is 1. The number of aliphatic imine (C=N–C) groups is 1. The maximum absolute atomic E-state index is 11.4. The van der Waals surface area contributed by atoms with Gasteiger partial charge in [0.25, 0.3) is 0 Å². The van der Waals surface area contributed by atoms with Crippen molar-refractivity contribution >= 4 is 11.9 Å². The normalized spacial score (nSPS) is 12.4. The van der Waals surface area contributed by atoms with Crippen molar-refractivity contribution in [1.29, 1.82) is 0 Å². The molecule has 0 radical (unpaired) electrons. The average molecular weight is 200 g/mol. The molecule has 0 aromatic carbocycles. The summed E-state index contributed by atoms with van der Waals surface area (Å²) in [5.41, 5.74) is 5.02. The minimum absolute atomic E-state index is 0.0365. The van der Waals surface area contributed by atoms with Crippen LogP contribution in [0.4, 0.5) is 0 Å². The Balaban J connectivity index is 4.23. The highest BCUT2D eigenvalue weighted by atomic mass is 16.2. The summed E-state index contributed by atoms with van der Waals surface area (Å²) in [4.78, 5) is 15.4. The number of hydrogen-bond acceptors (Lipinski definition) is 2. The van der Waals surface area contributed by atoms with Gasteiger partial charge >= 0.3 is 0 Å². The van der Waals surface area contributed by atoms with Crippen molar-refractivity contribution < 1.29 is 4.79 Å². The average Bonchev–Trinajstić information content (AvgIpc) is 2.14. The molecule has 0 fully saturated rings. The molecular weight excluding hydrogens is 180 g/mol. The maximum atomic E-state index is 11.4. The molecular formula is C9H20N4O. The van der Waals surface area contributed by atoms with Crippen LogP contribution in [0.1, 0.15) is 20.8 Å². The van der Waals surface area contributed by atoms with Crippen molar-refractivity contribution in [3.8, 4) is 0 Å². The standard InChI is InChI=1S/C9H20N4O/c1-5-12-8(10)13-6-9(2,3)7(14)11-4/h5-6H2,1-4H3,(H,11,14)(H3,10,12,13). The Kier molecular flexibility index (Phi) is 4.97. The third-order valence-corrected chi connectivity index (χ3v) is 1.84. The summed E-state index contributed by atoms with van der Waals surface area (Å²) in [7, 11) is 1.61. The molecule has 0 aliphatic rings. The molecule has 0 aliphatic carbocycles. The summed E-state index contributed by atoms with van der Waals surface area (Å²) in [6, 6.07) is 0. The van der Waals surface area contributed by atoms with Crippen LogP contribution in [0.3, 0.4) is 0 Å². The van der Waals surface area contributed by atoms with Crippen LogP contribution in [0.15, 0.2) is 4.99 Å². The van der Waals surface area contributed by atoms with E-state index in [0.717, 1.165) is 6.54 Å². The summed E-state index contributed by atoms with van der Waals surface area (Å²) in [5.74, 6) is 0.343. The zero-order valence-corrected chi connectivity index (χ0v) is 9.35. The molecule has 1 amide bonds. The van der Waals surface area contributed by atoms with E-state index in [9.17, 15) is 4.79 Å². The lowest BCUT2D eigenvalue weighted by Crippen LogP contribution is -2.38. The van der Waals surface area contributed by atoms with Crippen molar-refractivity contribution in [3.63, 3.8) is 0 Å². The molecule has 0 aromatic heterocycles. The number of hydrogen-bond donors (Lipinski definition) is 3. The second-order valence-electron chi connectivity index (χ2n) is 3.69. The third kappa shape index (κ3) is 4.11. The van der Waals surface area contributed by atoms with Crippen molar-refractivity contribution in [2.75, 3.05) is 20.1 Å². The molecule has 0 saturated carbocycles. The molecule has 0 aromatic rings. The topological polar surface area (TPSA) is 79.5 Å². The van der Waals surface area contributed by atoms with Gasteiger partial charge in [0.1, 0.15) is 0 Å². The predicted octanol–water partition coefficient (Wildman–Crippen LogP) is -0.317. The number of nitrogens with two attached hydrogens (primary N) is 1. The van der Waals surface area contributed by atoms with Crippen LogP contribution in [0.5, 0.6) is 0 Å². The molecule has 0 spiro atoms. The molecule has 0 unspecified atom stereocenters. The van der Waals surface area contributed by atoms with Crippen LogP contribution in [-0.2, 0) is 4.79 Å². The number of guanidine groups is 1. The lowest BCUT2D eigenvalue weighted by molar-refractivity contribution is -0.128. The van der Waals surface area contributed by atoms with Crippen LogP contribution in [0, 0.1) is 5.41 Å². The van der Waals surface area contributed by atoms with E-state index in [0.29, 0.717) is 12.5 Å². The Morgan fingerprint density at radius 1 is 1.50 bits per heavy atom. The van der Waals surface area contributed by atoms with E-state index in [1.165, 1.54) is 0 Å². The van der Waals surface area contributed by atoms with Crippen molar-refractivity contribution in [2.24, 2.45) is 16.1 Å². The molecule has 0 bridgehead atoms. The van der Waals surface area contributed by atoms with E-state index in [1.54, 1.807) is 7.05 Å². The van der Waals surface area contributed by atoms with Gasteiger partial charge in [-0.3, -0.25) is 9.79 Å². The summed E-state index contributed by atoms with van der Waals surface area (Å²) >= 11 is 0. The number of rotatable bonds is 4. The van der Waals surface area contributed by atoms with Crippen molar-refractivity contribution in [3.05, 3.63) is 0 Å². The second kappa shape index (κ2) is 5.47. The maximum Gasteiger partial charge on any atom is 0.227 e. The molecule has 0 saturated heterocycles. The van der Waals surface area contributed by atoms with E-state index < -0.39 is 5.41 Å². The zero-order chi connectivity index (χ0) is 11.2. The molecule has 0 heterocycles. The van der Waals surface area contributed by atoms with Crippen LogP contribution in [0.25, 0.3) is 0 Å². The Bertz CT molecular complexity index is 223. The first-order valence-electron chi connectivity index (χ1n) is 4.70. The van der Waals surface area contributed by atoms with E-state index in [4.69, 9.17) is 5.73 Å².